The first kappa shape index (κ1) is 12.3. The van der Waals surface area contributed by atoms with Gasteiger partial charge in [-0.05, 0) is 19.2 Å². The summed E-state index contributed by atoms with van der Waals surface area (Å²) in [5.74, 6) is 0. The number of benzene rings is 1. The summed E-state index contributed by atoms with van der Waals surface area (Å²) in [6.45, 7) is 1.71. The lowest BCUT2D eigenvalue weighted by molar-refractivity contribution is 0.766. The summed E-state index contributed by atoms with van der Waals surface area (Å²) in [6.07, 6.45) is 0. The Kier molecular flexibility index (Phi) is 3.75. The lowest BCUT2D eigenvalue weighted by Gasteiger charge is -2.20. The Hall–Kier alpha value is -2.12. The van der Waals surface area contributed by atoms with E-state index in [1.807, 2.05) is 44.4 Å². The Balaban J connectivity index is 2.45. The second-order valence-electron chi connectivity index (χ2n) is 4.19. The van der Waals surface area contributed by atoms with Crippen LogP contribution in [0.3, 0.4) is 0 Å². The standard InChI is InChI=1S/C14H16N4/c1-16-7-8-18(2)14-9-11-5-3-4-6-12(11)17-13(14)10-15/h3-6,9,16H,7-8H2,1-2H3. The van der Waals surface area contributed by atoms with Crippen LogP contribution in [0.1, 0.15) is 5.69 Å². The summed E-state index contributed by atoms with van der Waals surface area (Å²) < 4.78 is 0. The molecule has 0 radical (unpaired) electrons. The number of fused-ring (bicyclic) bond motifs is 1. The molecule has 18 heavy (non-hydrogen) atoms. The molecule has 0 amide bonds. The third-order valence-corrected chi connectivity index (χ3v) is 2.92. The number of para-hydroxylation sites is 1. The second-order valence-corrected chi connectivity index (χ2v) is 4.19. The van der Waals surface area contributed by atoms with Crippen LogP contribution in [0.15, 0.2) is 30.3 Å². The fraction of sp³-hybridized carbons (Fsp3) is 0.286. The van der Waals surface area contributed by atoms with Gasteiger partial charge < -0.3 is 10.2 Å². The molecule has 0 fully saturated rings. The highest BCUT2D eigenvalue weighted by Crippen LogP contribution is 2.22. The maximum absolute atomic E-state index is 9.20. The van der Waals surface area contributed by atoms with Crippen LogP contribution >= 0.6 is 0 Å². The fourth-order valence-electron chi connectivity index (χ4n) is 1.88. The highest BCUT2D eigenvalue weighted by Gasteiger charge is 2.10. The van der Waals surface area contributed by atoms with Gasteiger partial charge in [0.1, 0.15) is 6.07 Å². The van der Waals surface area contributed by atoms with Crippen molar-refractivity contribution >= 4 is 16.6 Å². The summed E-state index contributed by atoms with van der Waals surface area (Å²) in [7, 11) is 3.89. The minimum Gasteiger partial charge on any atom is -0.371 e. The maximum Gasteiger partial charge on any atom is 0.164 e. The molecule has 0 aliphatic heterocycles. The molecule has 0 aliphatic rings. The topological polar surface area (TPSA) is 52.0 Å². The molecule has 1 heterocycles. The number of anilines is 1. The molecule has 0 aliphatic carbocycles. The van der Waals surface area contributed by atoms with Crippen LogP contribution in [-0.2, 0) is 0 Å². The van der Waals surface area contributed by atoms with E-state index < -0.39 is 0 Å². The molecule has 1 N–H and O–H groups in total. The molecule has 0 atom stereocenters. The average molecular weight is 240 g/mol. The van der Waals surface area contributed by atoms with Crippen LogP contribution in [0, 0.1) is 11.3 Å². The molecule has 1 aromatic carbocycles. The van der Waals surface area contributed by atoms with Crippen molar-refractivity contribution in [3.63, 3.8) is 0 Å². The summed E-state index contributed by atoms with van der Waals surface area (Å²) in [5, 5.41) is 13.4. The van der Waals surface area contributed by atoms with Gasteiger partial charge in [0.2, 0.25) is 0 Å². The van der Waals surface area contributed by atoms with Crippen LogP contribution in [-0.4, -0.2) is 32.2 Å². The molecule has 92 valence electrons. The molecular formula is C14H16N4. The molecule has 0 spiro atoms. The van der Waals surface area contributed by atoms with Gasteiger partial charge in [0, 0.05) is 25.5 Å². The van der Waals surface area contributed by atoms with Gasteiger partial charge in [-0.25, -0.2) is 4.98 Å². The van der Waals surface area contributed by atoms with Gasteiger partial charge in [0.05, 0.1) is 11.2 Å². The van der Waals surface area contributed by atoms with Crippen LogP contribution < -0.4 is 10.2 Å². The van der Waals surface area contributed by atoms with E-state index in [4.69, 9.17) is 0 Å². The van der Waals surface area contributed by atoms with E-state index in [2.05, 4.69) is 21.3 Å². The molecule has 4 heteroatoms. The van der Waals surface area contributed by atoms with Crippen molar-refractivity contribution in [1.82, 2.24) is 10.3 Å². The van der Waals surface area contributed by atoms with E-state index in [-0.39, 0.29) is 0 Å². The third kappa shape index (κ3) is 2.41. The van der Waals surface area contributed by atoms with Crippen molar-refractivity contribution in [3.8, 4) is 6.07 Å². The fourth-order valence-corrected chi connectivity index (χ4v) is 1.88. The first-order chi connectivity index (χ1) is 8.76. The number of nitrogens with zero attached hydrogens (tertiary/aromatic N) is 3. The molecule has 2 rings (SSSR count). The van der Waals surface area contributed by atoms with E-state index in [1.165, 1.54) is 0 Å². The number of rotatable bonds is 4. The van der Waals surface area contributed by atoms with E-state index >= 15 is 0 Å². The van der Waals surface area contributed by atoms with Gasteiger partial charge in [-0.1, -0.05) is 18.2 Å². The molecule has 0 bridgehead atoms. The molecule has 1 aromatic heterocycles. The average Bonchev–Trinajstić information content (AvgIpc) is 2.43. The number of aromatic nitrogens is 1. The third-order valence-electron chi connectivity index (χ3n) is 2.92. The largest absolute Gasteiger partial charge is 0.371 e. The zero-order valence-corrected chi connectivity index (χ0v) is 10.6. The smallest absolute Gasteiger partial charge is 0.164 e. The van der Waals surface area contributed by atoms with Gasteiger partial charge in [-0.15, -0.1) is 0 Å². The lowest BCUT2D eigenvalue weighted by atomic mass is 10.1. The Bertz CT molecular complexity index is 586. The van der Waals surface area contributed by atoms with Gasteiger partial charge >= 0.3 is 0 Å². The van der Waals surface area contributed by atoms with Crippen molar-refractivity contribution in [1.29, 1.82) is 5.26 Å². The predicted molar refractivity (Wildman–Crippen MR) is 73.7 cm³/mol. The van der Waals surface area contributed by atoms with Crippen LogP contribution in [0.25, 0.3) is 10.9 Å². The highest BCUT2D eigenvalue weighted by molar-refractivity contribution is 5.83. The van der Waals surface area contributed by atoms with Gasteiger partial charge in [0.15, 0.2) is 5.69 Å². The molecule has 4 nitrogen and oxygen atoms in total. The Morgan fingerprint density at radius 1 is 1.39 bits per heavy atom. The van der Waals surface area contributed by atoms with Gasteiger partial charge in [-0.2, -0.15) is 5.26 Å². The van der Waals surface area contributed by atoms with Crippen LogP contribution in [0.5, 0.6) is 0 Å². The normalized spacial score (nSPS) is 10.3. The lowest BCUT2D eigenvalue weighted by Crippen LogP contribution is -2.27. The van der Waals surface area contributed by atoms with Crippen molar-refractivity contribution < 1.29 is 0 Å². The quantitative estimate of drug-likeness (QED) is 0.884. The molecular weight excluding hydrogens is 224 g/mol. The van der Waals surface area contributed by atoms with Crippen LogP contribution in [0.2, 0.25) is 0 Å². The number of likely N-dealkylation sites (N-methyl/N-ethyl adjacent to an activating group) is 2. The molecule has 2 aromatic rings. The van der Waals surface area contributed by atoms with Crippen molar-refractivity contribution in [3.05, 3.63) is 36.0 Å². The summed E-state index contributed by atoms with van der Waals surface area (Å²) in [6, 6.07) is 12.0. The van der Waals surface area contributed by atoms with E-state index in [0.717, 1.165) is 29.7 Å². The Labute approximate surface area is 107 Å². The monoisotopic (exact) mass is 240 g/mol. The minimum atomic E-state index is 0.479. The summed E-state index contributed by atoms with van der Waals surface area (Å²) >= 11 is 0. The number of nitriles is 1. The molecule has 0 unspecified atom stereocenters. The van der Waals surface area contributed by atoms with Crippen molar-refractivity contribution in [2.24, 2.45) is 0 Å². The van der Waals surface area contributed by atoms with Gasteiger partial charge in [0.25, 0.3) is 0 Å². The maximum atomic E-state index is 9.20. The summed E-state index contributed by atoms with van der Waals surface area (Å²) in [5.41, 5.74) is 2.22. The molecule has 0 saturated carbocycles. The van der Waals surface area contributed by atoms with Crippen molar-refractivity contribution in [2.45, 2.75) is 0 Å². The Morgan fingerprint density at radius 2 is 2.17 bits per heavy atom. The number of hydrogen-bond donors (Lipinski definition) is 1. The zero-order valence-electron chi connectivity index (χ0n) is 10.6. The Morgan fingerprint density at radius 3 is 2.89 bits per heavy atom. The second kappa shape index (κ2) is 5.48. The van der Waals surface area contributed by atoms with Gasteiger partial charge in [-0.3, -0.25) is 0 Å². The van der Waals surface area contributed by atoms with Crippen molar-refractivity contribution in [2.75, 3.05) is 32.1 Å². The highest BCUT2D eigenvalue weighted by atomic mass is 15.1. The predicted octanol–water partition coefficient (Wildman–Crippen LogP) is 1.76. The number of hydrogen-bond acceptors (Lipinski definition) is 4. The van der Waals surface area contributed by atoms with E-state index in [1.54, 1.807) is 0 Å². The summed E-state index contributed by atoms with van der Waals surface area (Å²) in [4.78, 5) is 6.45. The molecule has 0 saturated heterocycles. The zero-order chi connectivity index (χ0) is 13.0. The first-order valence-corrected chi connectivity index (χ1v) is 5.92. The number of pyridine rings is 1. The minimum absolute atomic E-state index is 0.479. The number of nitrogens with one attached hydrogen (secondary N) is 1. The SMILES string of the molecule is CNCCN(C)c1cc2ccccc2nc1C#N. The first-order valence-electron chi connectivity index (χ1n) is 5.92. The van der Waals surface area contributed by atoms with E-state index in [0.29, 0.717) is 5.69 Å². The van der Waals surface area contributed by atoms with Crippen LogP contribution in [0.4, 0.5) is 5.69 Å². The van der Waals surface area contributed by atoms with E-state index in [9.17, 15) is 5.26 Å².